The number of unbranched alkanes of at least 4 members (excludes halogenated alkanes) is 1. The van der Waals surface area contributed by atoms with Crippen molar-refractivity contribution in [2.75, 3.05) is 19.7 Å². The van der Waals surface area contributed by atoms with E-state index in [1.807, 2.05) is 4.90 Å². The first-order valence-corrected chi connectivity index (χ1v) is 9.58. The molecule has 1 aliphatic heterocycles. The summed E-state index contributed by atoms with van der Waals surface area (Å²) in [6, 6.07) is 6.94. The van der Waals surface area contributed by atoms with Crippen LogP contribution in [-0.4, -0.2) is 35.3 Å². The van der Waals surface area contributed by atoms with Crippen LogP contribution in [0.2, 0.25) is 0 Å². The molecule has 130 valence electrons. The van der Waals surface area contributed by atoms with Crippen LogP contribution in [0.1, 0.15) is 44.2 Å². The summed E-state index contributed by atoms with van der Waals surface area (Å²) < 4.78 is 8.84. The van der Waals surface area contributed by atoms with Crippen molar-refractivity contribution in [2.45, 2.75) is 45.6 Å². The lowest BCUT2D eigenvalue weighted by atomic mass is 10.0. The number of aromatic nitrogens is 1. The molecule has 0 saturated carbocycles. The maximum Gasteiger partial charge on any atom is 0.409 e. The van der Waals surface area contributed by atoms with E-state index >= 15 is 0 Å². The Labute approximate surface area is 151 Å². The minimum Gasteiger partial charge on any atom is -0.449 e. The highest BCUT2D eigenvalue weighted by molar-refractivity contribution is 9.10. The van der Waals surface area contributed by atoms with Gasteiger partial charge in [0.1, 0.15) is 0 Å². The molecule has 4 nitrogen and oxygen atoms in total. The molecule has 1 aromatic carbocycles. The Balaban J connectivity index is 1.65. The second-order valence-corrected chi connectivity index (χ2v) is 7.37. The number of rotatable bonds is 4. The highest BCUT2D eigenvalue weighted by Gasteiger charge is 2.25. The maximum atomic E-state index is 12.1. The summed E-state index contributed by atoms with van der Waals surface area (Å²) in [7, 11) is 0. The number of hydrogen-bond donors (Lipinski definition) is 0. The number of nitrogens with zero attached hydrogens (tertiary/aromatic N) is 2. The molecule has 24 heavy (non-hydrogen) atoms. The molecular weight excluding hydrogens is 368 g/mol. The molecule has 0 spiro atoms. The monoisotopic (exact) mass is 392 g/mol. The van der Waals surface area contributed by atoms with Crippen molar-refractivity contribution in [1.82, 2.24) is 9.47 Å². The first-order valence-electron chi connectivity index (χ1n) is 8.79. The molecule has 2 heterocycles. The van der Waals surface area contributed by atoms with Crippen LogP contribution < -0.4 is 0 Å². The average Bonchev–Trinajstić information content (AvgIpc) is 3.03. The van der Waals surface area contributed by atoms with Crippen molar-refractivity contribution in [3.05, 3.63) is 34.4 Å². The third kappa shape index (κ3) is 3.46. The van der Waals surface area contributed by atoms with Gasteiger partial charge in [-0.25, -0.2) is 4.79 Å². The molecule has 1 amide bonds. The number of carbonyl (C=O) groups excluding carboxylic acids is 1. The summed E-state index contributed by atoms with van der Waals surface area (Å²) in [5.41, 5.74) is 2.56. The van der Waals surface area contributed by atoms with Crippen molar-refractivity contribution in [1.29, 1.82) is 0 Å². The fraction of sp³-hybridized carbons (Fsp3) is 0.526. The average molecular weight is 393 g/mol. The standard InChI is InChI=1S/C19H25BrN2O2/c1-3-4-13-24-19(23)21-10-7-15(8-11-21)22-12-9-16-14(2)17(20)5-6-18(16)22/h5-6,9,12,15H,3-4,7-8,10-11,13H2,1-2H3. The van der Waals surface area contributed by atoms with E-state index in [0.717, 1.165) is 43.2 Å². The Morgan fingerprint density at radius 2 is 2.04 bits per heavy atom. The van der Waals surface area contributed by atoms with Gasteiger partial charge in [-0.2, -0.15) is 0 Å². The van der Waals surface area contributed by atoms with E-state index in [4.69, 9.17) is 4.74 Å². The van der Waals surface area contributed by atoms with Gasteiger partial charge in [-0.3, -0.25) is 0 Å². The Morgan fingerprint density at radius 1 is 1.29 bits per heavy atom. The van der Waals surface area contributed by atoms with Crippen LogP contribution in [0.15, 0.2) is 28.9 Å². The maximum absolute atomic E-state index is 12.1. The van der Waals surface area contributed by atoms with E-state index in [9.17, 15) is 4.79 Å². The third-order valence-electron chi connectivity index (χ3n) is 4.95. The Bertz CT molecular complexity index is 717. The van der Waals surface area contributed by atoms with E-state index < -0.39 is 0 Å². The van der Waals surface area contributed by atoms with Gasteiger partial charge in [0, 0.05) is 40.7 Å². The lowest BCUT2D eigenvalue weighted by Crippen LogP contribution is -2.39. The lowest BCUT2D eigenvalue weighted by molar-refractivity contribution is 0.0878. The van der Waals surface area contributed by atoms with Crippen molar-refractivity contribution in [3.8, 4) is 0 Å². The highest BCUT2D eigenvalue weighted by Crippen LogP contribution is 2.31. The van der Waals surface area contributed by atoms with Crippen LogP contribution in [0.4, 0.5) is 4.79 Å². The predicted octanol–water partition coefficient (Wildman–Crippen LogP) is 5.29. The second kappa shape index (κ2) is 7.60. The summed E-state index contributed by atoms with van der Waals surface area (Å²) in [4.78, 5) is 13.9. The highest BCUT2D eigenvalue weighted by atomic mass is 79.9. The minimum atomic E-state index is -0.154. The summed E-state index contributed by atoms with van der Waals surface area (Å²) in [5, 5.41) is 1.30. The fourth-order valence-electron chi connectivity index (χ4n) is 3.40. The number of carbonyl (C=O) groups is 1. The number of aryl methyl sites for hydroxylation is 1. The first-order chi connectivity index (χ1) is 11.6. The SMILES string of the molecule is CCCCOC(=O)N1CCC(n2ccc3c(C)c(Br)ccc32)CC1. The predicted molar refractivity (Wildman–Crippen MR) is 100 cm³/mol. The molecule has 0 aliphatic carbocycles. The topological polar surface area (TPSA) is 34.5 Å². The van der Waals surface area contributed by atoms with Crippen LogP contribution in [0.5, 0.6) is 0 Å². The normalized spacial score (nSPS) is 15.9. The van der Waals surface area contributed by atoms with Gasteiger partial charge in [0.25, 0.3) is 0 Å². The van der Waals surface area contributed by atoms with Crippen LogP contribution >= 0.6 is 15.9 Å². The number of halogens is 1. The van der Waals surface area contributed by atoms with Crippen molar-refractivity contribution < 1.29 is 9.53 Å². The van der Waals surface area contributed by atoms with E-state index in [1.54, 1.807) is 0 Å². The summed E-state index contributed by atoms with van der Waals surface area (Å²) in [6.07, 6.45) is 5.96. The van der Waals surface area contributed by atoms with Gasteiger partial charge in [0.15, 0.2) is 0 Å². The first kappa shape index (κ1) is 17.3. The van der Waals surface area contributed by atoms with Gasteiger partial charge in [0.05, 0.1) is 6.61 Å². The molecule has 0 atom stereocenters. The molecular formula is C19H25BrN2O2. The summed E-state index contributed by atoms with van der Waals surface area (Å²) in [6.45, 7) is 6.31. The van der Waals surface area contributed by atoms with Crippen LogP contribution in [0, 0.1) is 6.92 Å². The van der Waals surface area contributed by atoms with Gasteiger partial charge in [-0.15, -0.1) is 0 Å². The molecule has 1 saturated heterocycles. The Kier molecular flexibility index (Phi) is 5.49. The summed E-state index contributed by atoms with van der Waals surface area (Å²) >= 11 is 3.60. The van der Waals surface area contributed by atoms with Gasteiger partial charge >= 0.3 is 6.09 Å². The zero-order chi connectivity index (χ0) is 17.1. The zero-order valence-corrected chi connectivity index (χ0v) is 16.0. The third-order valence-corrected chi connectivity index (χ3v) is 5.80. The number of amides is 1. The number of hydrogen-bond acceptors (Lipinski definition) is 2. The molecule has 5 heteroatoms. The van der Waals surface area contributed by atoms with Crippen LogP contribution in [0.3, 0.4) is 0 Å². The Hall–Kier alpha value is -1.49. The zero-order valence-electron chi connectivity index (χ0n) is 14.4. The summed E-state index contributed by atoms with van der Waals surface area (Å²) in [5.74, 6) is 0. The molecule has 1 aliphatic rings. The number of benzene rings is 1. The fourth-order valence-corrected chi connectivity index (χ4v) is 3.74. The lowest BCUT2D eigenvalue weighted by Gasteiger charge is -2.32. The molecule has 0 radical (unpaired) electrons. The molecule has 0 N–H and O–H groups in total. The molecule has 1 fully saturated rings. The molecule has 1 aromatic heterocycles. The van der Waals surface area contributed by atoms with Gasteiger partial charge in [-0.1, -0.05) is 29.3 Å². The van der Waals surface area contributed by atoms with E-state index in [2.05, 4.69) is 58.7 Å². The van der Waals surface area contributed by atoms with E-state index in [1.165, 1.54) is 16.5 Å². The number of piperidine rings is 1. The van der Waals surface area contributed by atoms with E-state index in [0.29, 0.717) is 12.6 Å². The number of fused-ring (bicyclic) bond motifs is 1. The van der Waals surface area contributed by atoms with Gasteiger partial charge < -0.3 is 14.2 Å². The Morgan fingerprint density at radius 3 is 2.75 bits per heavy atom. The molecule has 0 bridgehead atoms. The molecule has 0 unspecified atom stereocenters. The van der Waals surface area contributed by atoms with Gasteiger partial charge in [-0.05, 0) is 49.9 Å². The number of likely N-dealkylation sites (tertiary alicyclic amines) is 1. The quantitative estimate of drug-likeness (QED) is 0.662. The van der Waals surface area contributed by atoms with Crippen LogP contribution in [-0.2, 0) is 4.74 Å². The van der Waals surface area contributed by atoms with Crippen molar-refractivity contribution >= 4 is 32.9 Å². The van der Waals surface area contributed by atoms with Gasteiger partial charge in [0.2, 0.25) is 0 Å². The van der Waals surface area contributed by atoms with Crippen LogP contribution in [0.25, 0.3) is 10.9 Å². The van der Waals surface area contributed by atoms with E-state index in [-0.39, 0.29) is 6.09 Å². The number of ether oxygens (including phenoxy) is 1. The smallest absolute Gasteiger partial charge is 0.409 e. The molecule has 3 rings (SSSR count). The minimum absolute atomic E-state index is 0.154. The van der Waals surface area contributed by atoms with Crippen molar-refractivity contribution in [2.24, 2.45) is 0 Å². The second-order valence-electron chi connectivity index (χ2n) is 6.51. The largest absolute Gasteiger partial charge is 0.449 e. The van der Waals surface area contributed by atoms with Crippen molar-refractivity contribution in [3.63, 3.8) is 0 Å². The molecule has 2 aromatic rings.